The second-order valence-corrected chi connectivity index (χ2v) is 5.36. The average molecular weight is 271 g/mol. The fraction of sp³-hybridized carbons (Fsp3) is 0.364. The maximum absolute atomic E-state index is 11.5. The maximum Gasteiger partial charge on any atom is 0.238 e. The van der Waals surface area contributed by atoms with Crippen LogP contribution in [-0.4, -0.2) is 27.4 Å². The molecular formula is C11H17N3O3S. The summed E-state index contributed by atoms with van der Waals surface area (Å²) in [6.45, 7) is 3.01. The molecule has 0 aliphatic heterocycles. The van der Waals surface area contributed by atoms with Crippen molar-refractivity contribution in [3.63, 3.8) is 0 Å². The van der Waals surface area contributed by atoms with E-state index in [1.165, 1.54) is 24.3 Å². The SMILES string of the molecule is CCCNCC(=O)Nc1ccc(S(N)(=O)=O)cc1. The first kappa shape index (κ1) is 14.6. The van der Waals surface area contributed by atoms with Crippen molar-refractivity contribution in [2.24, 2.45) is 5.14 Å². The number of amides is 1. The van der Waals surface area contributed by atoms with E-state index in [1.54, 1.807) is 0 Å². The number of hydrogen-bond donors (Lipinski definition) is 3. The Morgan fingerprint density at radius 2 is 1.89 bits per heavy atom. The highest BCUT2D eigenvalue weighted by atomic mass is 32.2. The fourth-order valence-corrected chi connectivity index (χ4v) is 1.83. The Morgan fingerprint density at radius 1 is 1.28 bits per heavy atom. The molecule has 0 aliphatic rings. The molecule has 1 aromatic carbocycles. The van der Waals surface area contributed by atoms with E-state index < -0.39 is 10.0 Å². The molecule has 0 saturated carbocycles. The summed E-state index contributed by atoms with van der Waals surface area (Å²) in [6, 6.07) is 5.70. The quantitative estimate of drug-likeness (QED) is 0.646. The highest BCUT2D eigenvalue weighted by Crippen LogP contribution is 2.12. The van der Waals surface area contributed by atoms with E-state index in [0.717, 1.165) is 13.0 Å². The average Bonchev–Trinajstić information content (AvgIpc) is 2.29. The van der Waals surface area contributed by atoms with Crippen LogP contribution in [0.3, 0.4) is 0 Å². The number of anilines is 1. The van der Waals surface area contributed by atoms with Crippen LogP contribution in [0.4, 0.5) is 5.69 Å². The Morgan fingerprint density at radius 3 is 2.39 bits per heavy atom. The van der Waals surface area contributed by atoms with Crippen molar-refractivity contribution in [1.82, 2.24) is 5.32 Å². The summed E-state index contributed by atoms with van der Waals surface area (Å²) in [5.74, 6) is -0.174. The first-order valence-corrected chi connectivity index (χ1v) is 7.11. The van der Waals surface area contributed by atoms with E-state index in [4.69, 9.17) is 5.14 Å². The lowest BCUT2D eigenvalue weighted by molar-refractivity contribution is -0.115. The van der Waals surface area contributed by atoms with Gasteiger partial charge in [-0.3, -0.25) is 4.79 Å². The summed E-state index contributed by atoms with van der Waals surface area (Å²) < 4.78 is 22.0. The Kier molecular flexibility index (Phi) is 5.26. The molecule has 0 spiro atoms. The topological polar surface area (TPSA) is 101 Å². The van der Waals surface area contributed by atoms with Crippen molar-refractivity contribution in [2.45, 2.75) is 18.2 Å². The van der Waals surface area contributed by atoms with E-state index in [1.807, 2.05) is 6.92 Å². The van der Waals surface area contributed by atoms with Gasteiger partial charge in [-0.25, -0.2) is 13.6 Å². The van der Waals surface area contributed by atoms with Gasteiger partial charge >= 0.3 is 0 Å². The van der Waals surface area contributed by atoms with Gasteiger partial charge in [-0.15, -0.1) is 0 Å². The van der Waals surface area contributed by atoms with Crippen LogP contribution in [-0.2, 0) is 14.8 Å². The number of rotatable bonds is 6. The highest BCUT2D eigenvalue weighted by molar-refractivity contribution is 7.89. The van der Waals surface area contributed by atoms with Gasteiger partial charge in [0, 0.05) is 5.69 Å². The molecule has 0 atom stereocenters. The predicted molar refractivity (Wildman–Crippen MR) is 69.6 cm³/mol. The zero-order valence-corrected chi connectivity index (χ0v) is 11.0. The van der Waals surface area contributed by atoms with Crippen molar-refractivity contribution in [2.75, 3.05) is 18.4 Å². The fourth-order valence-electron chi connectivity index (χ4n) is 1.31. The number of carbonyl (C=O) groups excluding carboxylic acids is 1. The van der Waals surface area contributed by atoms with Crippen LogP contribution in [0, 0.1) is 0 Å². The molecular weight excluding hydrogens is 254 g/mol. The Balaban J connectivity index is 2.56. The van der Waals surface area contributed by atoms with Gasteiger partial charge in [-0.2, -0.15) is 0 Å². The Bertz CT molecular complexity index is 497. The van der Waals surface area contributed by atoms with Gasteiger partial charge in [0.1, 0.15) is 0 Å². The Labute approximate surface area is 107 Å². The van der Waals surface area contributed by atoms with E-state index in [0.29, 0.717) is 5.69 Å². The molecule has 1 amide bonds. The molecule has 0 aromatic heterocycles. The van der Waals surface area contributed by atoms with Crippen molar-refractivity contribution in [1.29, 1.82) is 0 Å². The lowest BCUT2D eigenvalue weighted by atomic mass is 10.3. The van der Waals surface area contributed by atoms with Gasteiger partial charge in [0.2, 0.25) is 15.9 Å². The third kappa shape index (κ3) is 4.82. The second-order valence-electron chi connectivity index (χ2n) is 3.79. The molecule has 100 valence electrons. The van der Waals surface area contributed by atoms with Crippen molar-refractivity contribution in [3.05, 3.63) is 24.3 Å². The molecule has 0 radical (unpaired) electrons. The molecule has 7 heteroatoms. The molecule has 0 unspecified atom stereocenters. The number of nitrogens with two attached hydrogens (primary N) is 1. The number of primary sulfonamides is 1. The predicted octanol–water partition coefficient (Wildman–Crippen LogP) is 0.272. The van der Waals surface area contributed by atoms with Gasteiger partial charge < -0.3 is 10.6 Å². The van der Waals surface area contributed by atoms with Gasteiger partial charge in [0.15, 0.2) is 0 Å². The van der Waals surface area contributed by atoms with Gasteiger partial charge in [-0.1, -0.05) is 6.92 Å². The van der Waals surface area contributed by atoms with E-state index in [2.05, 4.69) is 10.6 Å². The maximum atomic E-state index is 11.5. The molecule has 18 heavy (non-hydrogen) atoms. The van der Waals surface area contributed by atoms with Crippen molar-refractivity contribution < 1.29 is 13.2 Å². The minimum absolute atomic E-state index is 0.0182. The zero-order valence-electron chi connectivity index (χ0n) is 10.1. The van der Waals surface area contributed by atoms with Crippen LogP contribution >= 0.6 is 0 Å². The minimum atomic E-state index is -3.69. The number of benzene rings is 1. The van der Waals surface area contributed by atoms with Gasteiger partial charge in [0.25, 0.3) is 0 Å². The van der Waals surface area contributed by atoms with Crippen molar-refractivity contribution >= 4 is 21.6 Å². The van der Waals surface area contributed by atoms with E-state index >= 15 is 0 Å². The minimum Gasteiger partial charge on any atom is -0.325 e. The third-order valence-electron chi connectivity index (χ3n) is 2.18. The highest BCUT2D eigenvalue weighted by Gasteiger charge is 2.07. The zero-order chi connectivity index (χ0) is 13.6. The van der Waals surface area contributed by atoms with Crippen LogP contribution in [0.5, 0.6) is 0 Å². The number of carbonyl (C=O) groups is 1. The molecule has 4 N–H and O–H groups in total. The van der Waals surface area contributed by atoms with Crippen molar-refractivity contribution in [3.8, 4) is 0 Å². The van der Waals surface area contributed by atoms with Gasteiger partial charge in [-0.05, 0) is 37.2 Å². The molecule has 0 heterocycles. The number of hydrogen-bond acceptors (Lipinski definition) is 4. The normalized spacial score (nSPS) is 11.2. The van der Waals surface area contributed by atoms with Crippen LogP contribution in [0.15, 0.2) is 29.2 Å². The van der Waals surface area contributed by atoms with Crippen LogP contribution in [0.25, 0.3) is 0 Å². The smallest absolute Gasteiger partial charge is 0.238 e. The summed E-state index contributed by atoms with van der Waals surface area (Å²) in [7, 11) is -3.69. The van der Waals surface area contributed by atoms with E-state index in [9.17, 15) is 13.2 Å². The number of sulfonamides is 1. The standard InChI is InChI=1S/C11H17N3O3S/c1-2-7-13-8-11(15)14-9-3-5-10(6-4-9)18(12,16)17/h3-6,13H,2,7-8H2,1H3,(H,14,15)(H2,12,16,17). The van der Waals surface area contributed by atoms with Crippen LogP contribution < -0.4 is 15.8 Å². The summed E-state index contributed by atoms with van der Waals surface area (Å²) in [5.41, 5.74) is 0.533. The van der Waals surface area contributed by atoms with Gasteiger partial charge in [0.05, 0.1) is 11.4 Å². The number of nitrogens with one attached hydrogen (secondary N) is 2. The van der Waals surface area contributed by atoms with Crippen LogP contribution in [0.2, 0.25) is 0 Å². The van der Waals surface area contributed by atoms with E-state index in [-0.39, 0.29) is 17.3 Å². The molecule has 1 aromatic rings. The summed E-state index contributed by atoms with van der Waals surface area (Å²) in [6.07, 6.45) is 0.955. The summed E-state index contributed by atoms with van der Waals surface area (Å²) in [4.78, 5) is 11.5. The molecule has 1 rings (SSSR count). The molecule has 0 aliphatic carbocycles. The largest absolute Gasteiger partial charge is 0.325 e. The van der Waals surface area contributed by atoms with Crippen LogP contribution in [0.1, 0.15) is 13.3 Å². The molecule has 0 fully saturated rings. The monoisotopic (exact) mass is 271 g/mol. The lowest BCUT2D eigenvalue weighted by Crippen LogP contribution is -2.28. The first-order valence-electron chi connectivity index (χ1n) is 5.57. The second kappa shape index (κ2) is 6.48. The Hall–Kier alpha value is -1.44. The summed E-state index contributed by atoms with van der Waals surface area (Å²) in [5, 5.41) is 10.6. The summed E-state index contributed by atoms with van der Waals surface area (Å²) >= 11 is 0. The molecule has 6 nitrogen and oxygen atoms in total. The molecule has 0 bridgehead atoms. The molecule has 0 saturated heterocycles. The first-order chi connectivity index (χ1) is 8.43. The third-order valence-corrected chi connectivity index (χ3v) is 3.11. The lowest BCUT2D eigenvalue weighted by Gasteiger charge is -2.06.